The van der Waals surface area contributed by atoms with Crippen LogP contribution in [-0.2, 0) is 9.84 Å². The van der Waals surface area contributed by atoms with Crippen LogP contribution in [0.15, 0.2) is 24.3 Å². The van der Waals surface area contributed by atoms with Gasteiger partial charge in [0.2, 0.25) is 0 Å². The number of benzene rings is 1. The van der Waals surface area contributed by atoms with Gasteiger partial charge in [-0.25, -0.2) is 8.42 Å². The van der Waals surface area contributed by atoms with Gasteiger partial charge in [0.05, 0.1) is 11.5 Å². The monoisotopic (exact) mass is 312 g/mol. The molecule has 0 unspecified atom stereocenters. The summed E-state index contributed by atoms with van der Waals surface area (Å²) in [5.41, 5.74) is 2.12. The Hall–Kier alpha value is -1.14. The van der Waals surface area contributed by atoms with Crippen molar-refractivity contribution in [2.45, 2.75) is 26.3 Å². The summed E-state index contributed by atoms with van der Waals surface area (Å²) < 4.78 is 23.2. The van der Waals surface area contributed by atoms with E-state index in [1.54, 1.807) is 0 Å². The molecule has 1 aliphatic rings. The Balaban J connectivity index is 2.04. The zero-order valence-corrected chi connectivity index (χ0v) is 13.4. The first-order valence-electron chi connectivity index (χ1n) is 6.76. The molecule has 0 amide bonds. The van der Waals surface area contributed by atoms with Gasteiger partial charge in [-0.15, -0.1) is 0 Å². The van der Waals surface area contributed by atoms with Crippen LogP contribution in [0.5, 0.6) is 0 Å². The fraction of sp³-hybridized carbons (Fsp3) is 0.500. The fourth-order valence-corrected chi connectivity index (χ4v) is 4.55. The van der Waals surface area contributed by atoms with E-state index in [0.29, 0.717) is 18.1 Å². The maximum absolute atomic E-state index is 11.6. The van der Waals surface area contributed by atoms with Gasteiger partial charge in [-0.1, -0.05) is 17.7 Å². The van der Waals surface area contributed by atoms with Gasteiger partial charge in [-0.2, -0.15) is 0 Å². The summed E-state index contributed by atoms with van der Waals surface area (Å²) in [5.74, 6) is 0.470. The Bertz CT molecular complexity index is 582. The van der Waals surface area contributed by atoms with Gasteiger partial charge in [0.15, 0.2) is 14.9 Å². The molecule has 20 heavy (non-hydrogen) atoms. The molecule has 0 spiro atoms. The van der Waals surface area contributed by atoms with Gasteiger partial charge < -0.3 is 10.2 Å². The average Bonchev–Trinajstić information content (AvgIpc) is 2.73. The predicted molar refractivity (Wildman–Crippen MR) is 86.8 cm³/mol. The quantitative estimate of drug-likeness (QED) is 0.867. The topological polar surface area (TPSA) is 49.4 Å². The second-order valence-corrected chi connectivity index (χ2v) is 7.75. The van der Waals surface area contributed by atoms with Gasteiger partial charge in [0, 0.05) is 18.3 Å². The Labute approximate surface area is 126 Å². The lowest BCUT2D eigenvalue weighted by Crippen LogP contribution is -2.43. The van der Waals surface area contributed by atoms with Crippen molar-refractivity contribution in [3.05, 3.63) is 29.8 Å². The van der Waals surface area contributed by atoms with Crippen LogP contribution in [0.3, 0.4) is 0 Å². The molecule has 0 aliphatic carbocycles. The first-order valence-corrected chi connectivity index (χ1v) is 8.99. The highest BCUT2D eigenvalue weighted by Gasteiger charge is 2.32. The second kappa shape index (κ2) is 6.10. The van der Waals surface area contributed by atoms with Crippen molar-refractivity contribution in [1.82, 2.24) is 4.90 Å². The molecule has 1 aliphatic heterocycles. The first kappa shape index (κ1) is 15.3. The Kier molecular flexibility index (Phi) is 4.65. The fourth-order valence-electron chi connectivity index (χ4n) is 2.42. The maximum Gasteiger partial charge on any atom is 0.173 e. The van der Waals surface area contributed by atoms with E-state index in [4.69, 9.17) is 12.2 Å². The molecule has 0 aromatic heterocycles. The minimum atomic E-state index is -2.89. The summed E-state index contributed by atoms with van der Waals surface area (Å²) in [6.45, 7) is 4.73. The molecule has 110 valence electrons. The van der Waals surface area contributed by atoms with E-state index >= 15 is 0 Å². The molecule has 0 saturated carbocycles. The molecular weight excluding hydrogens is 292 g/mol. The van der Waals surface area contributed by atoms with E-state index in [1.807, 2.05) is 43.0 Å². The Morgan fingerprint density at radius 2 is 2.05 bits per heavy atom. The highest BCUT2D eigenvalue weighted by Crippen LogP contribution is 2.19. The van der Waals surface area contributed by atoms with Crippen LogP contribution in [-0.4, -0.2) is 42.5 Å². The first-order chi connectivity index (χ1) is 9.41. The highest BCUT2D eigenvalue weighted by atomic mass is 32.2. The zero-order valence-electron chi connectivity index (χ0n) is 11.8. The number of anilines is 1. The summed E-state index contributed by atoms with van der Waals surface area (Å²) in [4.78, 5) is 1.97. The summed E-state index contributed by atoms with van der Waals surface area (Å²) in [6, 6.07) is 7.97. The van der Waals surface area contributed by atoms with Crippen LogP contribution in [0.4, 0.5) is 5.69 Å². The van der Waals surface area contributed by atoms with Crippen molar-refractivity contribution in [3.63, 3.8) is 0 Å². The molecule has 1 aromatic carbocycles. The number of nitrogens with one attached hydrogen (secondary N) is 1. The summed E-state index contributed by atoms with van der Waals surface area (Å²) in [5, 5.41) is 3.78. The van der Waals surface area contributed by atoms with E-state index in [1.165, 1.54) is 5.56 Å². The molecule has 1 N–H and O–H groups in total. The normalized spacial score (nSPS) is 20.6. The van der Waals surface area contributed by atoms with Crippen molar-refractivity contribution >= 4 is 32.9 Å². The number of rotatable bonds is 3. The SMILES string of the molecule is CCN(C(=S)Nc1ccc(C)cc1)[C@H]1CCS(=O)(=O)C1. The van der Waals surface area contributed by atoms with Crippen LogP contribution < -0.4 is 5.32 Å². The van der Waals surface area contributed by atoms with Gasteiger partial charge in [0.25, 0.3) is 0 Å². The molecule has 6 heteroatoms. The van der Waals surface area contributed by atoms with Gasteiger partial charge in [0.1, 0.15) is 0 Å². The predicted octanol–water partition coefficient (Wildman–Crippen LogP) is 2.20. The molecule has 0 radical (unpaired) electrons. The lowest BCUT2D eigenvalue weighted by molar-refractivity contribution is 0.355. The van der Waals surface area contributed by atoms with Crippen LogP contribution >= 0.6 is 12.2 Å². The molecular formula is C14H20N2O2S2. The van der Waals surface area contributed by atoms with Gasteiger partial charge in [-0.05, 0) is 44.6 Å². The molecule has 1 aromatic rings. The standard InChI is InChI=1S/C14H20N2O2S2/c1-3-16(13-8-9-20(17,18)10-13)14(19)15-12-6-4-11(2)5-7-12/h4-7,13H,3,8-10H2,1-2H3,(H,15,19)/t13-/m0/s1. The third kappa shape index (κ3) is 3.70. The van der Waals surface area contributed by atoms with Crippen LogP contribution in [0, 0.1) is 6.92 Å². The van der Waals surface area contributed by atoms with Crippen molar-refractivity contribution in [2.24, 2.45) is 0 Å². The van der Waals surface area contributed by atoms with Crippen molar-refractivity contribution in [1.29, 1.82) is 0 Å². The number of hydrogen-bond donors (Lipinski definition) is 1. The van der Waals surface area contributed by atoms with Crippen LogP contribution in [0.1, 0.15) is 18.9 Å². The average molecular weight is 312 g/mol. The van der Waals surface area contributed by atoms with E-state index in [0.717, 1.165) is 5.69 Å². The Morgan fingerprint density at radius 3 is 2.55 bits per heavy atom. The van der Waals surface area contributed by atoms with Crippen molar-refractivity contribution < 1.29 is 8.42 Å². The largest absolute Gasteiger partial charge is 0.345 e. The van der Waals surface area contributed by atoms with Gasteiger partial charge in [-0.3, -0.25) is 0 Å². The molecule has 0 bridgehead atoms. The number of aryl methyl sites for hydroxylation is 1. The molecule has 1 saturated heterocycles. The van der Waals surface area contributed by atoms with Crippen LogP contribution in [0.2, 0.25) is 0 Å². The number of hydrogen-bond acceptors (Lipinski definition) is 3. The molecule has 1 fully saturated rings. The molecule has 4 nitrogen and oxygen atoms in total. The van der Waals surface area contributed by atoms with E-state index < -0.39 is 9.84 Å². The van der Waals surface area contributed by atoms with Crippen molar-refractivity contribution in [3.8, 4) is 0 Å². The minimum Gasteiger partial charge on any atom is -0.345 e. The zero-order chi connectivity index (χ0) is 14.8. The maximum atomic E-state index is 11.6. The summed E-state index contributed by atoms with van der Waals surface area (Å²) in [6.07, 6.45) is 0.659. The lowest BCUT2D eigenvalue weighted by atomic mass is 10.2. The minimum absolute atomic E-state index is 0.00421. The Morgan fingerprint density at radius 1 is 1.40 bits per heavy atom. The highest BCUT2D eigenvalue weighted by molar-refractivity contribution is 7.91. The molecule has 1 atom stereocenters. The van der Waals surface area contributed by atoms with Crippen LogP contribution in [0.25, 0.3) is 0 Å². The summed E-state index contributed by atoms with van der Waals surface area (Å²) >= 11 is 5.42. The van der Waals surface area contributed by atoms with E-state index in [2.05, 4.69) is 5.32 Å². The van der Waals surface area contributed by atoms with Crippen molar-refractivity contribution in [2.75, 3.05) is 23.4 Å². The third-order valence-electron chi connectivity index (χ3n) is 3.55. The number of sulfone groups is 1. The third-order valence-corrected chi connectivity index (χ3v) is 5.64. The lowest BCUT2D eigenvalue weighted by Gasteiger charge is -2.29. The number of thiocarbonyl (C=S) groups is 1. The van der Waals surface area contributed by atoms with E-state index in [9.17, 15) is 8.42 Å². The summed E-state index contributed by atoms with van der Waals surface area (Å²) in [7, 11) is -2.89. The number of nitrogens with zero attached hydrogens (tertiary/aromatic N) is 1. The van der Waals surface area contributed by atoms with E-state index in [-0.39, 0.29) is 17.5 Å². The molecule has 2 rings (SSSR count). The van der Waals surface area contributed by atoms with Gasteiger partial charge >= 0.3 is 0 Å². The molecule has 1 heterocycles. The smallest absolute Gasteiger partial charge is 0.173 e. The second-order valence-electron chi connectivity index (χ2n) is 5.14.